The molecule has 19 heavy (non-hydrogen) atoms. The zero-order valence-electron chi connectivity index (χ0n) is 11.8. The highest BCUT2D eigenvalue weighted by Gasteiger charge is 2.17. The molecule has 1 aliphatic rings. The van der Waals surface area contributed by atoms with Crippen molar-refractivity contribution in [3.8, 4) is 5.75 Å². The maximum Gasteiger partial charge on any atom is 0.260 e. The van der Waals surface area contributed by atoms with Crippen molar-refractivity contribution in [1.82, 2.24) is 9.88 Å². The second-order valence-electron chi connectivity index (χ2n) is 4.80. The number of carbonyl (C=O) groups is 1. The quantitative estimate of drug-likeness (QED) is 0.817. The Hall–Kier alpha value is -1.58. The monoisotopic (exact) mass is 262 g/mol. The largest absolute Gasteiger partial charge is 0.483 e. The van der Waals surface area contributed by atoms with Crippen molar-refractivity contribution in [2.75, 3.05) is 19.7 Å². The lowest BCUT2D eigenvalue weighted by molar-refractivity contribution is -0.132. The molecule has 2 rings (SSSR count). The fourth-order valence-electron chi connectivity index (χ4n) is 2.54. The average Bonchev–Trinajstić information content (AvgIpc) is 2.46. The van der Waals surface area contributed by atoms with Crippen molar-refractivity contribution in [1.29, 1.82) is 0 Å². The Balaban J connectivity index is 2.02. The summed E-state index contributed by atoms with van der Waals surface area (Å²) in [6.45, 7) is 5.55. The minimum Gasteiger partial charge on any atom is -0.483 e. The third kappa shape index (κ3) is 3.25. The van der Waals surface area contributed by atoms with Gasteiger partial charge in [-0.25, -0.2) is 0 Å². The summed E-state index contributed by atoms with van der Waals surface area (Å²) in [5.74, 6) is 0.886. The first-order chi connectivity index (χ1) is 9.26. The number of ether oxygens (including phenoxy) is 1. The normalized spacial score (nSPS) is 13.8. The van der Waals surface area contributed by atoms with E-state index in [0.717, 1.165) is 37.4 Å². The van der Waals surface area contributed by atoms with Gasteiger partial charge in [-0.15, -0.1) is 0 Å². The summed E-state index contributed by atoms with van der Waals surface area (Å²) in [6, 6.07) is 1.87. The lowest BCUT2D eigenvalue weighted by Crippen LogP contribution is -2.34. The zero-order chi connectivity index (χ0) is 13.7. The van der Waals surface area contributed by atoms with Crippen LogP contribution in [0.1, 0.15) is 37.9 Å². The third-order valence-corrected chi connectivity index (χ3v) is 3.66. The van der Waals surface area contributed by atoms with Crippen molar-refractivity contribution in [3.63, 3.8) is 0 Å². The predicted molar refractivity (Wildman–Crippen MR) is 74.3 cm³/mol. The number of aromatic nitrogens is 1. The molecular formula is C15H22N2O2. The molecular weight excluding hydrogens is 240 g/mol. The molecule has 0 radical (unpaired) electrons. The van der Waals surface area contributed by atoms with Crippen LogP contribution in [0.5, 0.6) is 5.75 Å². The second-order valence-corrected chi connectivity index (χ2v) is 4.80. The molecule has 104 valence electrons. The molecule has 0 bridgehead atoms. The van der Waals surface area contributed by atoms with Gasteiger partial charge in [0, 0.05) is 30.5 Å². The number of nitrogens with zero attached hydrogens (tertiary/aromatic N) is 2. The van der Waals surface area contributed by atoms with E-state index in [1.54, 1.807) is 11.1 Å². The van der Waals surface area contributed by atoms with Crippen LogP contribution in [-0.2, 0) is 17.6 Å². The summed E-state index contributed by atoms with van der Waals surface area (Å²) in [7, 11) is 0. The van der Waals surface area contributed by atoms with Gasteiger partial charge in [-0.3, -0.25) is 9.78 Å². The summed E-state index contributed by atoms with van der Waals surface area (Å²) in [5, 5.41) is 0. The van der Waals surface area contributed by atoms with Crippen LogP contribution in [0.15, 0.2) is 12.3 Å². The first kappa shape index (κ1) is 13.8. The third-order valence-electron chi connectivity index (χ3n) is 3.66. The lowest BCUT2D eigenvalue weighted by Gasteiger charge is -2.21. The summed E-state index contributed by atoms with van der Waals surface area (Å²) in [6.07, 6.45) is 6.19. The topological polar surface area (TPSA) is 42.4 Å². The van der Waals surface area contributed by atoms with Gasteiger partial charge in [-0.1, -0.05) is 0 Å². The van der Waals surface area contributed by atoms with Crippen LogP contribution in [0, 0.1) is 0 Å². The molecule has 0 N–H and O–H groups in total. The average molecular weight is 262 g/mol. The van der Waals surface area contributed by atoms with Gasteiger partial charge in [0.25, 0.3) is 5.91 Å². The standard InChI is InChI=1S/C15H22N2O2/c1-3-17(4-2)15(18)11-19-14-9-10-16-13-8-6-5-7-12(13)14/h9-10H,3-8,11H2,1-2H3. The fourth-order valence-corrected chi connectivity index (χ4v) is 2.54. The Labute approximate surface area is 114 Å². The summed E-state index contributed by atoms with van der Waals surface area (Å²) < 4.78 is 5.72. The van der Waals surface area contributed by atoms with E-state index in [9.17, 15) is 4.79 Å². The number of aryl methyl sites for hydroxylation is 1. The van der Waals surface area contributed by atoms with Gasteiger partial charge in [0.2, 0.25) is 0 Å². The van der Waals surface area contributed by atoms with Crippen molar-refractivity contribution >= 4 is 5.91 Å². The minimum absolute atomic E-state index is 0.0476. The molecule has 0 atom stereocenters. The van der Waals surface area contributed by atoms with Crippen LogP contribution in [0.2, 0.25) is 0 Å². The van der Waals surface area contributed by atoms with Crippen molar-refractivity contribution in [3.05, 3.63) is 23.5 Å². The maximum absolute atomic E-state index is 11.9. The van der Waals surface area contributed by atoms with Crippen molar-refractivity contribution in [2.45, 2.75) is 39.5 Å². The van der Waals surface area contributed by atoms with Gasteiger partial charge in [-0.05, 0) is 45.6 Å². The number of hydrogen-bond acceptors (Lipinski definition) is 3. The van der Waals surface area contributed by atoms with Crippen LogP contribution < -0.4 is 4.74 Å². The molecule has 1 aromatic rings. The Morgan fingerprint density at radius 3 is 2.79 bits per heavy atom. The molecule has 0 spiro atoms. The van der Waals surface area contributed by atoms with Gasteiger partial charge in [0.05, 0.1) is 0 Å². The number of fused-ring (bicyclic) bond motifs is 1. The molecule has 0 saturated heterocycles. The predicted octanol–water partition coefficient (Wildman–Crippen LogP) is 2.21. The van der Waals surface area contributed by atoms with E-state index >= 15 is 0 Å². The van der Waals surface area contributed by atoms with E-state index in [4.69, 9.17) is 4.74 Å². The van der Waals surface area contributed by atoms with Crippen LogP contribution in [0.25, 0.3) is 0 Å². The molecule has 4 heteroatoms. The Bertz CT molecular complexity index is 442. The van der Waals surface area contributed by atoms with Gasteiger partial charge >= 0.3 is 0 Å². The maximum atomic E-state index is 11.9. The Morgan fingerprint density at radius 1 is 1.32 bits per heavy atom. The molecule has 4 nitrogen and oxygen atoms in total. The number of pyridine rings is 1. The lowest BCUT2D eigenvalue weighted by atomic mass is 9.95. The molecule has 1 aliphatic carbocycles. The van der Waals surface area contributed by atoms with Gasteiger partial charge < -0.3 is 9.64 Å². The summed E-state index contributed by atoms with van der Waals surface area (Å²) in [5.41, 5.74) is 2.33. The molecule has 1 heterocycles. The minimum atomic E-state index is 0.0476. The summed E-state index contributed by atoms with van der Waals surface area (Å²) >= 11 is 0. The molecule has 0 fully saturated rings. The van der Waals surface area contributed by atoms with Crippen LogP contribution in [0.4, 0.5) is 0 Å². The SMILES string of the molecule is CCN(CC)C(=O)COc1ccnc2c1CCCC2. The van der Waals surface area contributed by atoms with Crippen molar-refractivity contribution in [2.24, 2.45) is 0 Å². The number of carbonyl (C=O) groups excluding carboxylic acids is 1. The van der Waals surface area contributed by atoms with E-state index in [0.29, 0.717) is 0 Å². The van der Waals surface area contributed by atoms with E-state index in [2.05, 4.69) is 4.98 Å². The number of amides is 1. The van der Waals surface area contributed by atoms with Gasteiger partial charge in [0.1, 0.15) is 5.75 Å². The van der Waals surface area contributed by atoms with Crippen LogP contribution in [0.3, 0.4) is 0 Å². The molecule has 1 aromatic heterocycles. The van der Waals surface area contributed by atoms with E-state index < -0.39 is 0 Å². The van der Waals surface area contributed by atoms with Crippen molar-refractivity contribution < 1.29 is 9.53 Å². The number of hydrogen-bond donors (Lipinski definition) is 0. The fraction of sp³-hybridized carbons (Fsp3) is 0.600. The van der Waals surface area contributed by atoms with Crippen LogP contribution >= 0.6 is 0 Å². The highest BCUT2D eigenvalue weighted by molar-refractivity contribution is 5.77. The molecule has 0 aromatic carbocycles. The number of rotatable bonds is 5. The Kier molecular flexibility index (Phi) is 4.77. The molecule has 0 unspecified atom stereocenters. The zero-order valence-corrected chi connectivity index (χ0v) is 11.8. The van der Waals surface area contributed by atoms with E-state index in [1.165, 1.54) is 18.4 Å². The van der Waals surface area contributed by atoms with E-state index in [-0.39, 0.29) is 12.5 Å². The number of likely N-dealkylation sites (N-methyl/N-ethyl adjacent to an activating group) is 1. The second kappa shape index (κ2) is 6.55. The molecule has 0 saturated carbocycles. The van der Waals surface area contributed by atoms with Gasteiger partial charge in [-0.2, -0.15) is 0 Å². The highest BCUT2D eigenvalue weighted by atomic mass is 16.5. The Morgan fingerprint density at radius 2 is 2.05 bits per heavy atom. The first-order valence-electron chi connectivity index (χ1n) is 7.13. The van der Waals surface area contributed by atoms with Gasteiger partial charge in [0.15, 0.2) is 6.61 Å². The molecule has 0 aliphatic heterocycles. The highest BCUT2D eigenvalue weighted by Crippen LogP contribution is 2.27. The summed E-state index contributed by atoms with van der Waals surface area (Å²) in [4.78, 5) is 18.1. The van der Waals surface area contributed by atoms with Crippen LogP contribution in [-0.4, -0.2) is 35.5 Å². The first-order valence-corrected chi connectivity index (χ1v) is 7.13. The van der Waals surface area contributed by atoms with E-state index in [1.807, 2.05) is 19.9 Å². The molecule has 1 amide bonds. The smallest absolute Gasteiger partial charge is 0.260 e.